The summed E-state index contributed by atoms with van der Waals surface area (Å²) in [4.78, 5) is 24.5. The first-order valence-electron chi connectivity index (χ1n) is 35.0. The maximum Gasteiger partial charge on any atom is 0.305 e. The predicted molar refractivity (Wildman–Crippen MR) is 333 cm³/mol. The first-order chi connectivity index (χ1) is 37.5. The van der Waals surface area contributed by atoms with Gasteiger partial charge in [0.25, 0.3) is 0 Å². The zero-order valence-corrected chi connectivity index (χ0v) is 51.8. The maximum atomic E-state index is 12.5. The molecule has 6 nitrogen and oxygen atoms in total. The van der Waals surface area contributed by atoms with Crippen molar-refractivity contribution in [3.63, 3.8) is 0 Å². The number of hydrogen-bond acceptors (Lipinski definition) is 5. The topological polar surface area (TPSA) is 95.9 Å². The average molecular weight is 1070 g/mol. The van der Waals surface area contributed by atoms with Crippen LogP contribution in [0.4, 0.5) is 0 Å². The van der Waals surface area contributed by atoms with E-state index in [0.717, 1.165) is 38.5 Å². The number of hydrogen-bond donors (Lipinski definition) is 3. The van der Waals surface area contributed by atoms with E-state index in [1.807, 2.05) is 6.08 Å². The fourth-order valence-corrected chi connectivity index (χ4v) is 11.2. The number of carbonyl (C=O) groups excluding carboxylic acids is 2. The molecular formula is C70H137NO5. The van der Waals surface area contributed by atoms with E-state index in [9.17, 15) is 19.8 Å². The highest BCUT2D eigenvalue weighted by atomic mass is 16.5. The first kappa shape index (κ1) is 74.6. The molecule has 76 heavy (non-hydrogen) atoms. The number of unbranched alkanes of at least 4 members (excludes halogenated alkanes) is 55. The third kappa shape index (κ3) is 61.8. The lowest BCUT2D eigenvalue weighted by Crippen LogP contribution is -2.45. The van der Waals surface area contributed by atoms with Crippen LogP contribution in [-0.2, 0) is 14.3 Å². The summed E-state index contributed by atoms with van der Waals surface area (Å²) in [5.41, 5.74) is 0. The zero-order chi connectivity index (χ0) is 55.0. The molecule has 0 saturated carbocycles. The lowest BCUT2D eigenvalue weighted by atomic mass is 10.0. The number of amides is 1. The quantitative estimate of drug-likeness (QED) is 0.0320. The van der Waals surface area contributed by atoms with Crippen LogP contribution in [0.2, 0.25) is 0 Å². The zero-order valence-electron chi connectivity index (χ0n) is 51.8. The predicted octanol–water partition coefficient (Wildman–Crippen LogP) is 22.4. The van der Waals surface area contributed by atoms with Crippen molar-refractivity contribution in [2.45, 2.75) is 411 Å². The van der Waals surface area contributed by atoms with Crippen molar-refractivity contribution in [3.05, 3.63) is 12.2 Å². The van der Waals surface area contributed by atoms with Gasteiger partial charge in [0.1, 0.15) is 0 Å². The van der Waals surface area contributed by atoms with Gasteiger partial charge in [-0.3, -0.25) is 9.59 Å². The fraction of sp³-hybridized carbons (Fsp3) is 0.943. The fourth-order valence-electron chi connectivity index (χ4n) is 11.2. The Morgan fingerprint density at radius 1 is 0.355 bits per heavy atom. The van der Waals surface area contributed by atoms with Crippen molar-refractivity contribution in [1.29, 1.82) is 0 Å². The van der Waals surface area contributed by atoms with Crippen LogP contribution in [-0.4, -0.2) is 47.4 Å². The Kier molecular flexibility index (Phi) is 64.9. The molecule has 0 saturated heterocycles. The van der Waals surface area contributed by atoms with E-state index >= 15 is 0 Å². The van der Waals surface area contributed by atoms with E-state index in [1.165, 1.54) is 334 Å². The molecule has 0 aliphatic heterocycles. The molecule has 0 fully saturated rings. The van der Waals surface area contributed by atoms with Crippen LogP contribution >= 0.6 is 0 Å². The van der Waals surface area contributed by atoms with E-state index in [1.54, 1.807) is 6.08 Å². The van der Waals surface area contributed by atoms with Crippen molar-refractivity contribution in [2.24, 2.45) is 0 Å². The van der Waals surface area contributed by atoms with Crippen molar-refractivity contribution < 1.29 is 24.5 Å². The van der Waals surface area contributed by atoms with Gasteiger partial charge in [0, 0.05) is 12.8 Å². The second kappa shape index (κ2) is 66.1. The van der Waals surface area contributed by atoms with Gasteiger partial charge in [0.15, 0.2) is 0 Å². The van der Waals surface area contributed by atoms with E-state index in [4.69, 9.17) is 4.74 Å². The van der Waals surface area contributed by atoms with Gasteiger partial charge in [0.2, 0.25) is 5.91 Å². The summed E-state index contributed by atoms with van der Waals surface area (Å²) in [6.07, 6.45) is 81.4. The van der Waals surface area contributed by atoms with E-state index in [0.29, 0.717) is 19.4 Å². The highest BCUT2D eigenvalue weighted by Gasteiger charge is 2.18. The minimum atomic E-state index is -0.845. The monoisotopic (exact) mass is 1070 g/mol. The Balaban J connectivity index is 3.40. The number of aliphatic hydroxyl groups is 2. The Hall–Kier alpha value is -1.40. The molecule has 0 aromatic heterocycles. The number of ether oxygens (including phenoxy) is 1. The smallest absolute Gasteiger partial charge is 0.305 e. The SMILES string of the molecule is CCCCCCCCCCCCCCCCCCCCCCCCC/C=C/C(O)C(CO)NC(=O)CCCCCCCCCCCCCCCCCCCCCCCCCOC(=O)CCCCCCCCCCCCC. The van der Waals surface area contributed by atoms with Gasteiger partial charge >= 0.3 is 5.97 Å². The van der Waals surface area contributed by atoms with Crippen molar-refractivity contribution in [3.8, 4) is 0 Å². The molecule has 452 valence electrons. The highest BCUT2D eigenvalue weighted by molar-refractivity contribution is 5.76. The normalized spacial score (nSPS) is 12.5. The molecule has 0 heterocycles. The summed E-state index contributed by atoms with van der Waals surface area (Å²) < 4.78 is 5.47. The minimum absolute atomic E-state index is 0.0147. The molecule has 0 bridgehead atoms. The summed E-state index contributed by atoms with van der Waals surface area (Å²) in [6, 6.07) is -0.628. The Morgan fingerprint density at radius 2 is 0.605 bits per heavy atom. The number of nitrogens with one attached hydrogen (secondary N) is 1. The van der Waals surface area contributed by atoms with Crippen molar-refractivity contribution >= 4 is 11.9 Å². The van der Waals surface area contributed by atoms with Crippen LogP contribution < -0.4 is 5.32 Å². The first-order valence-corrected chi connectivity index (χ1v) is 35.0. The molecule has 0 aliphatic rings. The number of allylic oxidation sites excluding steroid dienone is 1. The van der Waals surface area contributed by atoms with Gasteiger partial charge in [-0.05, 0) is 32.1 Å². The van der Waals surface area contributed by atoms with Gasteiger partial charge in [0.05, 0.1) is 25.4 Å². The molecule has 0 radical (unpaired) electrons. The Morgan fingerprint density at radius 3 is 0.895 bits per heavy atom. The molecular weight excluding hydrogens is 935 g/mol. The summed E-state index contributed by atoms with van der Waals surface area (Å²) in [5.74, 6) is -0.0477. The van der Waals surface area contributed by atoms with Crippen LogP contribution in [0.5, 0.6) is 0 Å². The molecule has 2 atom stereocenters. The number of rotatable bonds is 66. The molecule has 0 rings (SSSR count). The van der Waals surface area contributed by atoms with Gasteiger partial charge in [-0.15, -0.1) is 0 Å². The molecule has 0 spiro atoms. The third-order valence-electron chi connectivity index (χ3n) is 16.6. The lowest BCUT2D eigenvalue weighted by molar-refractivity contribution is -0.143. The third-order valence-corrected chi connectivity index (χ3v) is 16.6. The summed E-state index contributed by atoms with van der Waals surface area (Å²) in [5, 5.41) is 23.3. The number of carbonyl (C=O) groups is 2. The van der Waals surface area contributed by atoms with Crippen LogP contribution in [0.3, 0.4) is 0 Å². The molecule has 3 N–H and O–H groups in total. The van der Waals surface area contributed by atoms with E-state index in [2.05, 4.69) is 19.2 Å². The molecule has 0 aliphatic carbocycles. The maximum absolute atomic E-state index is 12.5. The van der Waals surface area contributed by atoms with Crippen molar-refractivity contribution in [2.75, 3.05) is 13.2 Å². The molecule has 2 unspecified atom stereocenters. The standard InChI is InChI=1S/C70H137NO5/c1-3-5-7-9-11-13-15-16-17-18-19-20-21-22-24-27-30-33-36-39-43-46-50-54-58-62-68(73)67(66-72)71-69(74)63-59-55-51-47-44-40-37-34-31-28-25-23-26-29-32-35-38-41-45-49-53-57-61-65-76-70(75)64-60-56-52-48-42-14-12-10-8-6-4-2/h58,62,67-68,72-73H,3-57,59-61,63-66H2,1-2H3,(H,71,74)/b62-58+. The molecule has 0 aromatic rings. The minimum Gasteiger partial charge on any atom is -0.466 e. The van der Waals surface area contributed by atoms with Crippen LogP contribution in [0.15, 0.2) is 12.2 Å². The largest absolute Gasteiger partial charge is 0.466 e. The Bertz CT molecular complexity index is 1140. The summed E-state index contributed by atoms with van der Waals surface area (Å²) >= 11 is 0. The molecule has 6 heteroatoms. The van der Waals surface area contributed by atoms with Crippen LogP contribution in [0.1, 0.15) is 399 Å². The second-order valence-electron chi connectivity index (χ2n) is 24.2. The van der Waals surface area contributed by atoms with E-state index < -0.39 is 12.1 Å². The van der Waals surface area contributed by atoms with Crippen LogP contribution in [0, 0.1) is 0 Å². The lowest BCUT2D eigenvalue weighted by Gasteiger charge is -2.20. The van der Waals surface area contributed by atoms with Crippen molar-refractivity contribution in [1.82, 2.24) is 5.32 Å². The van der Waals surface area contributed by atoms with E-state index in [-0.39, 0.29) is 18.5 Å². The van der Waals surface area contributed by atoms with Gasteiger partial charge in [-0.25, -0.2) is 0 Å². The van der Waals surface area contributed by atoms with Gasteiger partial charge in [-0.2, -0.15) is 0 Å². The molecule has 0 aromatic carbocycles. The molecule has 1 amide bonds. The highest BCUT2D eigenvalue weighted by Crippen LogP contribution is 2.19. The second-order valence-corrected chi connectivity index (χ2v) is 24.2. The number of aliphatic hydroxyl groups excluding tert-OH is 2. The average Bonchev–Trinajstić information content (AvgIpc) is 3.42. The summed E-state index contributed by atoms with van der Waals surface area (Å²) in [7, 11) is 0. The van der Waals surface area contributed by atoms with Crippen LogP contribution in [0.25, 0.3) is 0 Å². The Labute approximate surface area is 476 Å². The van der Waals surface area contributed by atoms with Gasteiger partial charge in [-0.1, -0.05) is 366 Å². The summed E-state index contributed by atoms with van der Waals surface area (Å²) in [6.45, 7) is 4.94. The number of esters is 1. The van der Waals surface area contributed by atoms with Gasteiger partial charge < -0.3 is 20.3 Å².